The zero-order valence-electron chi connectivity index (χ0n) is 12.3. The fourth-order valence-corrected chi connectivity index (χ4v) is 2.99. The zero-order chi connectivity index (χ0) is 16.7. The van der Waals surface area contributed by atoms with Gasteiger partial charge in [0.15, 0.2) is 5.69 Å². The quantitative estimate of drug-likeness (QED) is 0.440. The van der Waals surface area contributed by atoms with Crippen molar-refractivity contribution in [1.82, 2.24) is 19.3 Å². The molecule has 4 rings (SSSR count). The molecule has 0 fully saturated rings. The van der Waals surface area contributed by atoms with E-state index in [0.717, 1.165) is 14.1 Å². The maximum Gasteiger partial charge on any atom is 0.299 e. The Labute approximate surface area is 138 Å². The Morgan fingerprint density at radius 2 is 1.88 bits per heavy atom. The zero-order valence-corrected chi connectivity index (χ0v) is 13.1. The highest BCUT2D eigenvalue weighted by atomic mass is 32.1. The van der Waals surface area contributed by atoms with E-state index in [2.05, 4.69) is 10.1 Å². The van der Waals surface area contributed by atoms with Crippen LogP contribution in [0, 0.1) is 0 Å². The average Bonchev–Trinajstić information content (AvgIpc) is 3.11. The van der Waals surface area contributed by atoms with Gasteiger partial charge in [-0.2, -0.15) is 14.3 Å². The van der Waals surface area contributed by atoms with Gasteiger partial charge in [-0.25, -0.2) is 4.98 Å². The molecule has 0 saturated heterocycles. The van der Waals surface area contributed by atoms with Crippen LogP contribution in [0.3, 0.4) is 0 Å². The predicted octanol–water partition coefficient (Wildman–Crippen LogP) is 1.35. The molecule has 0 aliphatic carbocycles. The highest BCUT2D eigenvalue weighted by Gasteiger charge is 2.12. The number of rotatable bonds is 2. The van der Waals surface area contributed by atoms with E-state index in [-0.39, 0.29) is 17.0 Å². The molecular weight excluding hydrogens is 326 g/mol. The number of nitrogens with zero attached hydrogens (tertiary/aromatic N) is 4. The van der Waals surface area contributed by atoms with Gasteiger partial charge in [0.25, 0.3) is 16.9 Å². The first kappa shape index (κ1) is 14.3. The molecule has 0 bridgehead atoms. The van der Waals surface area contributed by atoms with Crippen LogP contribution in [0.1, 0.15) is 10.6 Å². The lowest BCUT2D eigenvalue weighted by Gasteiger charge is -2.07. The van der Waals surface area contributed by atoms with Crippen LogP contribution in [0.25, 0.3) is 28.8 Å². The van der Waals surface area contributed by atoms with Gasteiger partial charge in [0.05, 0.1) is 10.9 Å². The van der Waals surface area contributed by atoms with E-state index in [0.29, 0.717) is 10.9 Å². The molecule has 1 aromatic carbocycles. The molecule has 0 saturated carbocycles. The molecular formula is C16H11N5O2S. The van der Waals surface area contributed by atoms with Crippen LogP contribution < -0.4 is 17.0 Å². The lowest BCUT2D eigenvalue weighted by atomic mass is 10.2. The van der Waals surface area contributed by atoms with E-state index >= 15 is 0 Å². The molecule has 3 heterocycles. The number of thiophene rings is 1. The highest BCUT2D eigenvalue weighted by molar-refractivity contribution is 7.10. The molecule has 0 amide bonds. The molecule has 7 nitrogen and oxygen atoms in total. The number of para-hydroxylation sites is 1. The fourth-order valence-electron chi connectivity index (χ4n) is 2.37. The van der Waals surface area contributed by atoms with Crippen LogP contribution in [-0.2, 0) is 0 Å². The Bertz CT molecular complexity index is 1210. The number of nitrogen functional groups attached to an aromatic ring is 1. The highest BCUT2D eigenvalue weighted by Crippen LogP contribution is 2.12. The Morgan fingerprint density at radius 3 is 2.67 bits per heavy atom. The van der Waals surface area contributed by atoms with Crippen molar-refractivity contribution in [3.63, 3.8) is 0 Å². The molecule has 24 heavy (non-hydrogen) atoms. The van der Waals surface area contributed by atoms with Gasteiger partial charge in [0, 0.05) is 4.88 Å². The second-order valence-corrected chi connectivity index (χ2v) is 6.03. The summed E-state index contributed by atoms with van der Waals surface area (Å²) in [6, 6.07) is 10.7. The normalized spacial score (nSPS) is 11.7. The maximum absolute atomic E-state index is 12.6. The van der Waals surface area contributed by atoms with Crippen molar-refractivity contribution in [3.8, 4) is 0 Å². The third kappa shape index (κ3) is 2.20. The molecule has 8 heteroatoms. The van der Waals surface area contributed by atoms with E-state index in [4.69, 9.17) is 5.84 Å². The minimum absolute atomic E-state index is 0.00280. The number of hydrogen-bond acceptors (Lipinski definition) is 6. The maximum atomic E-state index is 12.6. The summed E-state index contributed by atoms with van der Waals surface area (Å²) in [6.45, 7) is 0. The van der Waals surface area contributed by atoms with Gasteiger partial charge in [0.1, 0.15) is 0 Å². The van der Waals surface area contributed by atoms with Crippen molar-refractivity contribution in [1.29, 1.82) is 0 Å². The van der Waals surface area contributed by atoms with Gasteiger partial charge < -0.3 is 5.84 Å². The van der Waals surface area contributed by atoms with Crippen molar-refractivity contribution in [2.24, 2.45) is 0 Å². The number of fused-ring (bicyclic) bond motifs is 2. The average molecular weight is 337 g/mol. The predicted molar refractivity (Wildman–Crippen MR) is 94.4 cm³/mol. The smallest absolute Gasteiger partial charge is 0.299 e. The molecule has 0 aliphatic rings. The molecule has 0 radical (unpaired) electrons. The molecule has 4 aromatic rings. The van der Waals surface area contributed by atoms with E-state index in [1.165, 1.54) is 11.3 Å². The summed E-state index contributed by atoms with van der Waals surface area (Å²) in [6.07, 6.45) is 3.29. The van der Waals surface area contributed by atoms with Crippen LogP contribution >= 0.6 is 11.3 Å². The molecule has 2 N–H and O–H groups in total. The monoisotopic (exact) mass is 337 g/mol. The summed E-state index contributed by atoms with van der Waals surface area (Å²) >= 11 is 1.53. The van der Waals surface area contributed by atoms with Crippen LogP contribution in [0.4, 0.5) is 0 Å². The third-order valence-corrected chi connectivity index (χ3v) is 4.38. The van der Waals surface area contributed by atoms with Crippen molar-refractivity contribution in [2.75, 3.05) is 5.84 Å². The summed E-state index contributed by atoms with van der Waals surface area (Å²) in [5.41, 5.74) is -0.368. The molecule has 0 unspecified atom stereocenters. The lowest BCUT2D eigenvalue weighted by Crippen LogP contribution is -2.36. The number of nitrogens with two attached hydrogens (primary N) is 1. The largest absolute Gasteiger partial charge is 0.333 e. The van der Waals surface area contributed by atoms with Crippen LogP contribution in [0.5, 0.6) is 0 Å². The van der Waals surface area contributed by atoms with Crippen molar-refractivity contribution in [2.45, 2.75) is 0 Å². The van der Waals surface area contributed by atoms with Crippen molar-refractivity contribution < 1.29 is 0 Å². The Morgan fingerprint density at radius 1 is 1.04 bits per heavy atom. The second kappa shape index (κ2) is 5.43. The first-order valence-corrected chi connectivity index (χ1v) is 7.94. The molecule has 0 spiro atoms. The van der Waals surface area contributed by atoms with Gasteiger partial charge >= 0.3 is 0 Å². The van der Waals surface area contributed by atoms with Crippen LogP contribution in [-0.4, -0.2) is 19.3 Å². The first-order valence-electron chi connectivity index (χ1n) is 7.06. The summed E-state index contributed by atoms with van der Waals surface area (Å²) in [4.78, 5) is 30.2. The Balaban J connectivity index is 2.02. The SMILES string of the molecule is Nn1c(=O)c(/C=C\c2cccs2)nn2c(=O)c3ccccc3nc12. The van der Waals surface area contributed by atoms with Crippen LogP contribution in [0.2, 0.25) is 0 Å². The number of hydrogen-bond donors (Lipinski definition) is 1. The van der Waals surface area contributed by atoms with Gasteiger partial charge in [-0.1, -0.05) is 18.2 Å². The Hall–Kier alpha value is -3.26. The third-order valence-electron chi connectivity index (χ3n) is 3.55. The molecule has 118 valence electrons. The standard InChI is InChI=1S/C16H11N5O2S/c17-20-15(23)13(8-7-10-4-3-9-24-10)19-21-14(22)11-5-1-2-6-12(11)18-16(20)21/h1-9H,17H2/b8-7-. The van der Waals surface area contributed by atoms with Gasteiger partial charge in [-0.05, 0) is 35.7 Å². The van der Waals surface area contributed by atoms with Crippen LogP contribution in [0.15, 0.2) is 51.4 Å². The summed E-state index contributed by atoms with van der Waals surface area (Å²) in [7, 11) is 0. The second-order valence-electron chi connectivity index (χ2n) is 5.06. The molecule has 3 aromatic heterocycles. The summed E-state index contributed by atoms with van der Waals surface area (Å²) in [5.74, 6) is 5.84. The minimum atomic E-state index is -0.523. The lowest BCUT2D eigenvalue weighted by molar-refractivity contribution is 0.769. The summed E-state index contributed by atoms with van der Waals surface area (Å²) in [5, 5.41) is 6.47. The fraction of sp³-hybridized carbons (Fsp3) is 0. The number of benzene rings is 1. The molecule has 0 aliphatic heterocycles. The van der Waals surface area contributed by atoms with Gasteiger partial charge in [0.2, 0.25) is 0 Å². The van der Waals surface area contributed by atoms with Gasteiger partial charge in [-0.3, -0.25) is 9.59 Å². The Kier molecular flexibility index (Phi) is 3.24. The van der Waals surface area contributed by atoms with Crippen molar-refractivity contribution in [3.05, 3.63) is 73.1 Å². The molecule has 0 atom stereocenters. The van der Waals surface area contributed by atoms with E-state index in [9.17, 15) is 9.59 Å². The number of aromatic nitrogens is 4. The minimum Gasteiger partial charge on any atom is -0.333 e. The summed E-state index contributed by atoms with van der Waals surface area (Å²) < 4.78 is 1.90. The topological polar surface area (TPSA) is 95.3 Å². The van der Waals surface area contributed by atoms with E-state index in [1.54, 1.807) is 36.4 Å². The van der Waals surface area contributed by atoms with E-state index < -0.39 is 5.56 Å². The first-order chi connectivity index (χ1) is 11.6. The van der Waals surface area contributed by atoms with Crippen molar-refractivity contribution >= 4 is 40.2 Å². The van der Waals surface area contributed by atoms with E-state index in [1.807, 2.05) is 17.5 Å². The van der Waals surface area contributed by atoms with Gasteiger partial charge in [-0.15, -0.1) is 11.3 Å².